The number of phenols is 1. The maximum absolute atomic E-state index is 9.62. The molecule has 0 aromatic heterocycles. The molecule has 1 aliphatic rings. The number of phenolic OH excluding ortho intramolecular Hbond substituents is 1. The third-order valence-electron chi connectivity index (χ3n) is 5.31. The van der Waals surface area contributed by atoms with Gasteiger partial charge in [0.25, 0.3) is 0 Å². The van der Waals surface area contributed by atoms with Gasteiger partial charge in [-0.2, -0.15) is 0 Å². The molecule has 0 saturated heterocycles. The molecule has 1 N–H and O–H groups in total. The van der Waals surface area contributed by atoms with Gasteiger partial charge in [-0.15, -0.1) is 0 Å². The Balaban J connectivity index is 1.86. The van der Waals surface area contributed by atoms with Crippen molar-refractivity contribution in [1.29, 1.82) is 0 Å². The molecule has 0 unspecified atom stereocenters. The number of allylic oxidation sites excluding steroid dienone is 1. The highest BCUT2D eigenvalue weighted by atomic mass is 16.3. The number of benzene rings is 3. The maximum Gasteiger partial charge on any atom is 0.116 e. The Kier molecular flexibility index (Phi) is 3.01. The molecule has 0 aliphatic carbocycles. The highest BCUT2D eigenvalue weighted by Crippen LogP contribution is 2.47. The van der Waals surface area contributed by atoms with E-state index in [4.69, 9.17) is 0 Å². The van der Waals surface area contributed by atoms with E-state index in [0.29, 0.717) is 5.75 Å². The topological polar surface area (TPSA) is 23.5 Å². The van der Waals surface area contributed by atoms with Gasteiger partial charge in [0.15, 0.2) is 0 Å². The van der Waals surface area contributed by atoms with Gasteiger partial charge in [0.05, 0.1) is 0 Å². The van der Waals surface area contributed by atoms with Crippen molar-refractivity contribution in [2.45, 2.75) is 19.3 Å². The van der Waals surface area contributed by atoms with Gasteiger partial charge in [0, 0.05) is 23.8 Å². The van der Waals surface area contributed by atoms with Crippen LogP contribution in [-0.2, 0) is 5.41 Å². The first-order valence-corrected chi connectivity index (χ1v) is 8.19. The van der Waals surface area contributed by atoms with Crippen molar-refractivity contribution >= 4 is 16.5 Å². The SMILES string of the molecule is C=C1N(C)c2ccc(-c3ccc4cc(O)ccc4c3)cc2C1(C)C. The van der Waals surface area contributed by atoms with Crippen LogP contribution < -0.4 is 4.90 Å². The lowest BCUT2D eigenvalue weighted by molar-refractivity contribution is 0.476. The quantitative estimate of drug-likeness (QED) is 0.645. The van der Waals surface area contributed by atoms with Crippen molar-refractivity contribution in [2.75, 3.05) is 11.9 Å². The molecule has 0 spiro atoms. The highest BCUT2D eigenvalue weighted by Gasteiger charge is 2.37. The molecule has 0 fully saturated rings. The van der Waals surface area contributed by atoms with Crippen molar-refractivity contribution in [2.24, 2.45) is 0 Å². The van der Waals surface area contributed by atoms with Gasteiger partial charge in [-0.1, -0.05) is 44.7 Å². The van der Waals surface area contributed by atoms with E-state index in [0.717, 1.165) is 16.5 Å². The van der Waals surface area contributed by atoms with Gasteiger partial charge in [0.1, 0.15) is 5.75 Å². The lowest BCUT2D eigenvalue weighted by atomic mass is 9.83. The van der Waals surface area contributed by atoms with Crippen LogP contribution in [-0.4, -0.2) is 12.2 Å². The number of likely N-dealkylation sites (N-methyl/N-ethyl adjacent to an activating group) is 1. The second kappa shape index (κ2) is 4.88. The van der Waals surface area contributed by atoms with Crippen molar-refractivity contribution in [3.05, 3.63) is 72.4 Å². The summed E-state index contributed by atoms with van der Waals surface area (Å²) >= 11 is 0. The molecule has 4 rings (SSSR count). The monoisotopic (exact) mass is 315 g/mol. The third kappa shape index (κ3) is 2.03. The Morgan fingerprint density at radius 1 is 0.875 bits per heavy atom. The maximum atomic E-state index is 9.62. The van der Waals surface area contributed by atoms with Crippen LogP contribution in [0.25, 0.3) is 21.9 Å². The summed E-state index contributed by atoms with van der Waals surface area (Å²) in [6.07, 6.45) is 0. The number of aromatic hydroxyl groups is 1. The summed E-state index contributed by atoms with van der Waals surface area (Å²) in [7, 11) is 2.08. The van der Waals surface area contributed by atoms with Gasteiger partial charge in [-0.3, -0.25) is 0 Å². The number of hydrogen-bond acceptors (Lipinski definition) is 2. The Morgan fingerprint density at radius 2 is 1.50 bits per heavy atom. The molecule has 0 radical (unpaired) electrons. The minimum Gasteiger partial charge on any atom is -0.508 e. The van der Waals surface area contributed by atoms with Crippen LogP contribution in [0.3, 0.4) is 0 Å². The van der Waals surface area contributed by atoms with Crippen LogP contribution in [0.2, 0.25) is 0 Å². The molecule has 3 aromatic carbocycles. The summed E-state index contributed by atoms with van der Waals surface area (Å²) in [5.41, 5.74) is 6.02. The number of rotatable bonds is 1. The van der Waals surface area contributed by atoms with Crippen LogP contribution >= 0.6 is 0 Å². The summed E-state index contributed by atoms with van der Waals surface area (Å²) in [4.78, 5) is 2.18. The molecule has 1 heterocycles. The van der Waals surface area contributed by atoms with Crippen molar-refractivity contribution in [3.8, 4) is 16.9 Å². The van der Waals surface area contributed by atoms with Crippen LogP contribution in [0.4, 0.5) is 5.69 Å². The standard InChI is InChI=1S/C22H21NO/c1-14-22(2,3)20-13-18(8-10-21(20)23(14)4)15-5-6-17-12-19(24)9-7-16(17)11-15/h5-13,24H,1H2,2-4H3. The van der Waals surface area contributed by atoms with Gasteiger partial charge < -0.3 is 10.0 Å². The molecule has 2 heteroatoms. The molecule has 0 amide bonds. The Morgan fingerprint density at radius 3 is 2.29 bits per heavy atom. The largest absolute Gasteiger partial charge is 0.508 e. The fourth-order valence-electron chi connectivity index (χ4n) is 3.64. The number of fused-ring (bicyclic) bond motifs is 2. The average molecular weight is 315 g/mol. The predicted molar refractivity (Wildman–Crippen MR) is 102 cm³/mol. The van der Waals surface area contributed by atoms with Crippen molar-refractivity contribution < 1.29 is 5.11 Å². The molecular weight excluding hydrogens is 294 g/mol. The summed E-state index contributed by atoms with van der Waals surface area (Å²) in [5.74, 6) is 0.302. The van der Waals surface area contributed by atoms with E-state index in [1.165, 1.54) is 22.4 Å². The van der Waals surface area contributed by atoms with E-state index in [1.54, 1.807) is 12.1 Å². The average Bonchev–Trinajstić information content (AvgIpc) is 2.75. The van der Waals surface area contributed by atoms with Crippen LogP contribution in [0, 0.1) is 0 Å². The normalized spacial score (nSPS) is 15.8. The number of anilines is 1. The fraction of sp³-hybridized carbons (Fsp3) is 0.182. The van der Waals surface area contributed by atoms with Crippen LogP contribution in [0.5, 0.6) is 5.75 Å². The van der Waals surface area contributed by atoms with E-state index >= 15 is 0 Å². The van der Waals surface area contributed by atoms with Gasteiger partial charge >= 0.3 is 0 Å². The van der Waals surface area contributed by atoms with Gasteiger partial charge in [-0.05, 0) is 57.8 Å². The van der Waals surface area contributed by atoms with Crippen LogP contribution in [0.15, 0.2) is 66.9 Å². The molecule has 2 nitrogen and oxygen atoms in total. The zero-order chi connectivity index (χ0) is 17.1. The zero-order valence-corrected chi connectivity index (χ0v) is 14.3. The first-order chi connectivity index (χ1) is 11.4. The minimum atomic E-state index is -0.0528. The van der Waals surface area contributed by atoms with Gasteiger partial charge in [0.2, 0.25) is 0 Å². The molecule has 120 valence electrons. The number of hydrogen-bond donors (Lipinski definition) is 1. The van der Waals surface area contributed by atoms with E-state index in [-0.39, 0.29) is 5.41 Å². The second-order valence-corrected chi connectivity index (χ2v) is 7.11. The molecule has 3 aromatic rings. The fourth-order valence-corrected chi connectivity index (χ4v) is 3.64. The van der Waals surface area contributed by atoms with E-state index in [2.05, 4.69) is 68.8 Å². The molecular formula is C22H21NO. The minimum absolute atomic E-state index is 0.0528. The summed E-state index contributed by atoms with van der Waals surface area (Å²) in [5, 5.41) is 11.8. The van der Waals surface area contributed by atoms with E-state index in [1.807, 2.05) is 6.07 Å². The van der Waals surface area contributed by atoms with Crippen LogP contribution in [0.1, 0.15) is 19.4 Å². The van der Waals surface area contributed by atoms with Crippen molar-refractivity contribution in [1.82, 2.24) is 0 Å². The molecule has 0 atom stereocenters. The Bertz CT molecular complexity index is 984. The second-order valence-electron chi connectivity index (χ2n) is 7.11. The Hall–Kier alpha value is -2.74. The molecule has 0 saturated carbocycles. The lowest BCUT2D eigenvalue weighted by Gasteiger charge is -2.22. The first-order valence-electron chi connectivity index (χ1n) is 8.19. The van der Waals surface area contributed by atoms with Crippen molar-refractivity contribution in [3.63, 3.8) is 0 Å². The molecule has 0 bridgehead atoms. The highest BCUT2D eigenvalue weighted by molar-refractivity contribution is 5.89. The lowest BCUT2D eigenvalue weighted by Crippen LogP contribution is -2.21. The third-order valence-corrected chi connectivity index (χ3v) is 5.31. The molecule has 24 heavy (non-hydrogen) atoms. The summed E-state index contributed by atoms with van der Waals surface area (Å²) < 4.78 is 0. The summed E-state index contributed by atoms with van der Waals surface area (Å²) in [6, 6.07) is 18.5. The first kappa shape index (κ1) is 14.8. The molecule has 1 aliphatic heterocycles. The van der Waals surface area contributed by atoms with E-state index in [9.17, 15) is 5.11 Å². The Labute approximate surface area is 142 Å². The van der Waals surface area contributed by atoms with E-state index < -0.39 is 0 Å². The smallest absolute Gasteiger partial charge is 0.116 e. The summed E-state index contributed by atoms with van der Waals surface area (Å²) in [6.45, 7) is 8.71. The van der Waals surface area contributed by atoms with Gasteiger partial charge in [-0.25, -0.2) is 0 Å². The zero-order valence-electron chi connectivity index (χ0n) is 14.3. The number of nitrogens with zero attached hydrogens (tertiary/aromatic N) is 1. The predicted octanol–water partition coefficient (Wildman–Crippen LogP) is 5.45.